The van der Waals surface area contributed by atoms with Crippen LogP contribution in [0.15, 0.2) is 60.5 Å². The van der Waals surface area contributed by atoms with Gasteiger partial charge in [0.05, 0.1) is 17.9 Å². The number of rotatable bonds is 11. The van der Waals surface area contributed by atoms with Gasteiger partial charge in [0.2, 0.25) is 0 Å². The van der Waals surface area contributed by atoms with E-state index in [1.807, 2.05) is 20.0 Å². The van der Waals surface area contributed by atoms with Gasteiger partial charge in [-0.2, -0.15) is 13.2 Å². The zero-order valence-corrected chi connectivity index (χ0v) is 31.3. The molecule has 0 saturated carbocycles. The Hall–Kier alpha value is -3.22. The second-order valence-corrected chi connectivity index (χ2v) is 13.4. The van der Waals surface area contributed by atoms with Gasteiger partial charge in [0.25, 0.3) is 0 Å². The molecule has 1 N–H and O–H groups in total. The number of allylic oxidation sites excluding steroid dienone is 2. The summed E-state index contributed by atoms with van der Waals surface area (Å²) in [5.74, 6) is 1.01. The topological polar surface area (TPSA) is 59.4 Å². The third-order valence-corrected chi connectivity index (χ3v) is 8.67. The number of aliphatic hydroxyl groups is 1. The van der Waals surface area contributed by atoms with Crippen molar-refractivity contribution in [1.29, 1.82) is 0 Å². The largest absolute Gasteiger partial charge is 0.512 e. The molecule has 5 rings (SSSR count). The fraction of sp³-hybridized carbons (Fsp3) is 0.450. The van der Waals surface area contributed by atoms with E-state index in [2.05, 4.69) is 76.2 Å². The van der Waals surface area contributed by atoms with Crippen molar-refractivity contribution >= 4 is 27.3 Å². The van der Waals surface area contributed by atoms with Crippen molar-refractivity contribution in [1.82, 2.24) is 4.98 Å². The molecule has 0 fully saturated rings. The smallest absolute Gasteiger partial charge is 0.389 e. The van der Waals surface area contributed by atoms with E-state index in [9.17, 15) is 23.1 Å². The van der Waals surface area contributed by atoms with E-state index in [-0.39, 0.29) is 38.2 Å². The van der Waals surface area contributed by atoms with Crippen LogP contribution in [0, 0.1) is 29.7 Å². The van der Waals surface area contributed by atoms with Gasteiger partial charge in [0, 0.05) is 55.3 Å². The fourth-order valence-corrected chi connectivity index (χ4v) is 6.33. The van der Waals surface area contributed by atoms with Crippen molar-refractivity contribution in [2.24, 2.45) is 23.7 Å². The molecule has 2 heterocycles. The van der Waals surface area contributed by atoms with Crippen LogP contribution < -0.4 is 4.74 Å². The van der Waals surface area contributed by atoms with Crippen molar-refractivity contribution in [3.8, 4) is 22.8 Å². The standard InChI is InChI=1S/C27H26NO.C13H21F3O2.Ir/c1-16(2)11-18-13-20-9-10-28-26-23-15-19-7-5-6-8-21(19)22(12-17(3)4)27(23)29-24(14-18)25(20)26;1-4-9(5-2)11(17)7-12(18)10(6-3)8-13(14,15)16;/h5-10,13-14,16-17H,11-12H2,1-4H3;7,9-10,17H,4-6,8H2,1-3H3;/q-1;;/b;11-7-;. The first kappa shape index (κ1) is 39.2. The number of hydrogen-bond acceptors (Lipinski definition) is 4. The molecule has 1 aromatic heterocycles. The number of carbonyl (C=O) groups is 1. The van der Waals surface area contributed by atoms with Crippen LogP contribution in [-0.4, -0.2) is 22.1 Å². The van der Waals surface area contributed by atoms with Crippen LogP contribution in [0.4, 0.5) is 13.2 Å². The zero-order valence-electron chi connectivity index (χ0n) is 28.9. The van der Waals surface area contributed by atoms with Crippen molar-refractivity contribution in [3.63, 3.8) is 0 Å². The van der Waals surface area contributed by atoms with Gasteiger partial charge in [-0.05, 0) is 67.0 Å². The van der Waals surface area contributed by atoms with E-state index in [4.69, 9.17) is 9.72 Å². The van der Waals surface area contributed by atoms with E-state index in [1.54, 1.807) is 0 Å². The number of aromatic nitrogens is 1. The van der Waals surface area contributed by atoms with Gasteiger partial charge < -0.3 is 9.84 Å². The maximum absolute atomic E-state index is 12.2. The number of aliphatic hydroxyl groups excluding tert-OH is 1. The maximum atomic E-state index is 12.2. The van der Waals surface area contributed by atoms with Crippen molar-refractivity contribution < 1.29 is 47.9 Å². The van der Waals surface area contributed by atoms with E-state index in [1.165, 1.54) is 28.8 Å². The monoisotopic (exact) mass is 839 g/mol. The number of fused-ring (bicyclic) bond motifs is 3. The molecule has 3 aromatic carbocycles. The Morgan fingerprint density at radius 1 is 0.958 bits per heavy atom. The summed E-state index contributed by atoms with van der Waals surface area (Å²) in [7, 11) is 0. The first-order valence-corrected chi connectivity index (χ1v) is 16.8. The third kappa shape index (κ3) is 9.47. The Kier molecular flexibility index (Phi) is 13.8. The van der Waals surface area contributed by atoms with Crippen molar-refractivity contribution in [2.75, 3.05) is 0 Å². The minimum Gasteiger partial charge on any atom is -0.512 e. The normalized spacial score (nSPS) is 13.2. The number of pyridine rings is 1. The number of benzene rings is 3. The molecule has 0 spiro atoms. The average molecular weight is 839 g/mol. The molecule has 4 nitrogen and oxygen atoms in total. The Labute approximate surface area is 296 Å². The van der Waals surface area contributed by atoms with Crippen LogP contribution in [0.25, 0.3) is 32.8 Å². The molecular formula is C40H47F3IrNO3-. The van der Waals surface area contributed by atoms with Gasteiger partial charge in [-0.1, -0.05) is 89.2 Å². The molecular weight excluding hydrogens is 792 g/mol. The summed E-state index contributed by atoms with van der Waals surface area (Å²) in [5.41, 5.74) is 4.57. The van der Waals surface area contributed by atoms with E-state index >= 15 is 0 Å². The Morgan fingerprint density at radius 3 is 2.21 bits per heavy atom. The van der Waals surface area contributed by atoms with Gasteiger partial charge >= 0.3 is 6.18 Å². The van der Waals surface area contributed by atoms with Crippen LogP contribution in [0.5, 0.6) is 11.5 Å². The molecule has 1 aliphatic heterocycles. The third-order valence-electron chi connectivity index (χ3n) is 8.67. The molecule has 261 valence electrons. The molecule has 0 bridgehead atoms. The number of carbonyl (C=O) groups excluding carboxylic acids is 1. The molecule has 1 unspecified atom stereocenters. The molecule has 1 radical (unpaired) electrons. The summed E-state index contributed by atoms with van der Waals surface area (Å²) >= 11 is 0. The Morgan fingerprint density at radius 2 is 1.60 bits per heavy atom. The summed E-state index contributed by atoms with van der Waals surface area (Å²) in [6.45, 7) is 14.3. The SMILES string of the molecule is CC(C)Cc1cc2c3c(nccc3c1)-c1[c-]c3ccccc3c(CC(C)C)c1O2.CCC(CC(F)(F)F)C(=O)/C=C(\O)C(CC)CC.[Ir]. The minimum atomic E-state index is -4.35. The average Bonchev–Trinajstić information content (AvgIpc) is 3.00. The van der Waals surface area contributed by atoms with Gasteiger partial charge in [0.15, 0.2) is 5.78 Å². The Bertz CT molecular complexity index is 1740. The predicted octanol–water partition coefficient (Wildman–Crippen LogP) is 11.8. The van der Waals surface area contributed by atoms with Crippen LogP contribution in [0.2, 0.25) is 0 Å². The maximum Gasteiger partial charge on any atom is 0.389 e. The molecule has 4 aromatic rings. The molecule has 48 heavy (non-hydrogen) atoms. The number of halogens is 3. The van der Waals surface area contributed by atoms with Crippen molar-refractivity contribution in [2.45, 2.75) is 93.2 Å². The van der Waals surface area contributed by atoms with Crippen LogP contribution in [-0.2, 0) is 37.7 Å². The Balaban J connectivity index is 0.000000288. The van der Waals surface area contributed by atoms with Crippen LogP contribution >= 0.6 is 0 Å². The van der Waals surface area contributed by atoms with Crippen LogP contribution in [0.1, 0.15) is 85.3 Å². The quantitative estimate of drug-likeness (QED) is 0.0818. The van der Waals surface area contributed by atoms with Gasteiger partial charge in [0.1, 0.15) is 5.75 Å². The molecule has 1 atom stereocenters. The summed E-state index contributed by atoms with van der Waals surface area (Å²) in [5, 5.41) is 14.3. The van der Waals surface area contributed by atoms with Crippen LogP contribution in [0.3, 0.4) is 0 Å². The predicted molar refractivity (Wildman–Crippen MR) is 185 cm³/mol. The second-order valence-electron chi connectivity index (χ2n) is 13.4. The van der Waals surface area contributed by atoms with Gasteiger partial charge in [-0.3, -0.25) is 9.78 Å². The first-order chi connectivity index (χ1) is 22.3. The fourth-order valence-electron chi connectivity index (χ4n) is 6.33. The molecule has 0 aliphatic carbocycles. The summed E-state index contributed by atoms with van der Waals surface area (Å²) < 4.78 is 43.4. The molecule has 0 amide bonds. The number of alkyl halides is 3. The number of ether oxygens (including phenoxy) is 1. The summed E-state index contributed by atoms with van der Waals surface area (Å²) in [4.78, 5) is 16.4. The van der Waals surface area contributed by atoms with Gasteiger partial charge in [-0.15, -0.1) is 17.5 Å². The second kappa shape index (κ2) is 16.9. The van der Waals surface area contributed by atoms with Gasteiger partial charge in [-0.25, -0.2) is 0 Å². The summed E-state index contributed by atoms with van der Waals surface area (Å²) in [6.07, 6.45) is 0.839. The first-order valence-electron chi connectivity index (χ1n) is 16.8. The zero-order chi connectivity index (χ0) is 34.5. The molecule has 0 saturated heterocycles. The van der Waals surface area contributed by atoms with E-state index in [0.29, 0.717) is 24.7 Å². The molecule has 1 aliphatic rings. The number of ketones is 1. The van der Waals surface area contributed by atoms with E-state index in [0.717, 1.165) is 52.4 Å². The number of hydrogen-bond donors (Lipinski definition) is 1. The van der Waals surface area contributed by atoms with E-state index < -0.39 is 24.3 Å². The minimum absolute atomic E-state index is 0. The number of nitrogens with zero attached hydrogens (tertiary/aromatic N) is 1. The van der Waals surface area contributed by atoms with Crippen molar-refractivity contribution in [3.05, 3.63) is 77.7 Å². The summed E-state index contributed by atoms with van der Waals surface area (Å²) in [6, 6.07) is 18.7. The molecule has 8 heteroatoms.